The van der Waals surface area contributed by atoms with Gasteiger partial charge in [-0.2, -0.15) is 0 Å². The molecule has 0 saturated heterocycles. The minimum atomic E-state index is -0.704. The molecule has 1 aromatic carbocycles. The molecule has 1 aliphatic heterocycles. The van der Waals surface area contributed by atoms with Crippen LogP contribution in [0.3, 0.4) is 0 Å². The summed E-state index contributed by atoms with van der Waals surface area (Å²) in [5.74, 6) is 0.186. The summed E-state index contributed by atoms with van der Waals surface area (Å²) in [6, 6.07) is 4.23. The highest BCUT2D eigenvalue weighted by atomic mass is 19.1. The first kappa shape index (κ1) is 12.3. The molecule has 0 aromatic heterocycles. The lowest BCUT2D eigenvalue weighted by Gasteiger charge is -2.39. The maximum Gasteiger partial charge on any atom is 0.135 e. The fourth-order valence-corrected chi connectivity index (χ4v) is 2.28. The number of hydrogen-bond acceptors (Lipinski definition) is 3. The van der Waals surface area contributed by atoms with Crippen LogP contribution in [0.2, 0.25) is 0 Å². The zero-order chi connectivity index (χ0) is 12.5. The maximum atomic E-state index is 13.1. The highest BCUT2D eigenvalue weighted by molar-refractivity contribution is 5.38. The van der Waals surface area contributed by atoms with Crippen LogP contribution in [0.5, 0.6) is 5.75 Å². The Bertz CT molecular complexity index is 408. The number of ether oxygens (including phenoxy) is 2. The van der Waals surface area contributed by atoms with Crippen LogP contribution in [0.25, 0.3) is 0 Å². The number of methoxy groups -OCH3 is 1. The van der Waals surface area contributed by atoms with Crippen LogP contribution in [0.1, 0.15) is 31.4 Å². The van der Waals surface area contributed by atoms with E-state index in [0.717, 1.165) is 6.42 Å². The molecule has 0 spiro atoms. The van der Waals surface area contributed by atoms with E-state index in [1.54, 1.807) is 13.2 Å². The van der Waals surface area contributed by atoms with Gasteiger partial charge in [-0.3, -0.25) is 0 Å². The highest BCUT2D eigenvalue weighted by Crippen LogP contribution is 2.41. The second kappa shape index (κ2) is 4.63. The summed E-state index contributed by atoms with van der Waals surface area (Å²) >= 11 is 0. The number of aliphatic hydroxyl groups excluding tert-OH is 1. The van der Waals surface area contributed by atoms with Crippen LogP contribution in [-0.4, -0.2) is 24.4 Å². The standard InChI is InChI=1S/C13H17FO3/c1-3-13(8-16-2)7-11(15)10-6-9(14)4-5-12(10)17-13/h4-6,11,15H,3,7-8H2,1-2H3. The number of halogens is 1. The van der Waals surface area contributed by atoms with E-state index in [0.29, 0.717) is 24.3 Å². The lowest BCUT2D eigenvalue weighted by molar-refractivity contribution is -0.0627. The predicted molar refractivity (Wildman–Crippen MR) is 61.5 cm³/mol. The van der Waals surface area contributed by atoms with Crippen LogP contribution in [-0.2, 0) is 4.74 Å². The Hall–Kier alpha value is -1.13. The molecule has 0 saturated carbocycles. The molecule has 3 nitrogen and oxygen atoms in total. The fraction of sp³-hybridized carbons (Fsp3) is 0.538. The monoisotopic (exact) mass is 240 g/mol. The van der Waals surface area contributed by atoms with Crippen molar-refractivity contribution in [1.82, 2.24) is 0 Å². The molecule has 2 atom stereocenters. The third-order valence-corrected chi connectivity index (χ3v) is 3.27. The van der Waals surface area contributed by atoms with Crippen molar-refractivity contribution in [3.05, 3.63) is 29.6 Å². The molecular formula is C13H17FO3. The smallest absolute Gasteiger partial charge is 0.135 e. The van der Waals surface area contributed by atoms with Crippen molar-refractivity contribution in [2.75, 3.05) is 13.7 Å². The van der Waals surface area contributed by atoms with Crippen molar-refractivity contribution in [3.63, 3.8) is 0 Å². The van der Waals surface area contributed by atoms with Gasteiger partial charge in [-0.05, 0) is 24.6 Å². The molecule has 1 aromatic rings. The van der Waals surface area contributed by atoms with Gasteiger partial charge in [-0.1, -0.05) is 6.92 Å². The molecule has 2 rings (SSSR count). The van der Waals surface area contributed by atoms with Crippen LogP contribution in [0, 0.1) is 5.82 Å². The summed E-state index contributed by atoms with van der Waals surface area (Å²) in [5, 5.41) is 10.1. The molecule has 4 heteroatoms. The number of aliphatic hydroxyl groups is 1. The molecule has 0 bridgehead atoms. The van der Waals surface area contributed by atoms with Crippen LogP contribution in [0.4, 0.5) is 4.39 Å². The molecule has 1 N–H and O–H groups in total. The summed E-state index contributed by atoms with van der Waals surface area (Å²) < 4.78 is 24.1. The first-order valence-electron chi connectivity index (χ1n) is 5.76. The number of fused-ring (bicyclic) bond motifs is 1. The van der Waals surface area contributed by atoms with E-state index in [-0.39, 0.29) is 5.82 Å². The molecule has 17 heavy (non-hydrogen) atoms. The summed E-state index contributed by atoms with van der Waals surface area (Å²) in [6.07, 6.45) is 0.451. The van der Waals surface area contributed by atoms with Crippen LogP contribution in [0.15, 0.2) is 18.2 Å². The van der Waals surface area contributed by atoms with Crippen LogP contribution >= 0.6 is 0 Å². The van der Waals surface area contributed by atoms with E-state index in [9.17, 15) is 9.50 Å². The van der Waals surface area contributed by atoms with Gasteiger partial charge in [0.25, 0.3) is 0 Å². The topological polar surface area (TPSA) is 38.7 Å². The van der Waals surface area contributed by atoms with Crippen molar-refractivity contribution >= 4 is 0 Å². The average Bonchev–Trinajstić information content (AvgIpc) is 2.31. The zero-order valence-corrected chi connectivity index (χ0v) is 10.1. The van der Waals surface area contributed by atoms with Gasteiger partial charge in [0.05, 0.1) is 12.7 Å². The summed E-state index contributed by atoms with van der Waals surface area (Å²) in [7, 11) is 1.60. The molecule has 0 aliphatic carbocycles. The predicted octanol–water partition coefficient (Wildman–Crippen LogP) is 2.44. The number of benzene rings is 1. The fourth-order valence-electron chi connectivity index (χ4n) is 2.28. The zero-order valence-electron chi connectivity index (χ0n) is 10.1. The van der Waals surface area contributed by atoms with E-state index >= 15 is 0 Å². The highest BCUT2D eigenvalue weighted by Gasteiger charge is 2.39. The molecule has 0 radical (unpaired) electrons. The van der Waals surface area contributed by atoms with E-state index in [4.69, 9.17) is 9.47 Å². The van der Waals surface area contributed by atoms with Gasteiger partial charge in [0, 0.05) is 19.1 Å². The molecule has 0 amide bonds. The average molecular weight is 240 g/mol. The summed E-state index contributed by atoms with van der Waals surface area (Å²) in [6.45, 7) is 2.40. The third kappa shape index (κ3) is 2.28. The van der Waals surface area contributed by atoms with E-state index in [1.165, 1.54) is 12.1 Å². The molecule has 2 unspecified atom stereocenters. The third-order valence-electron chi connectivity index (χ3n) is 3.27. The second-order valence-electron chi connectivity index (χ2n) is 4.47. The van der Waals surface area contributed by atoms with Gasteiger partial charge in [0.2, 0.25) is 0 Å². The van der Waals surface area contributed by atoms with Crippen molar-refractivity contribution < 1.29 is 19.0 Å². The Kier molecular flexibility index (Phi) is 3.35. The van der Waals surface area contributed by atoms with Crippen molar-refractivity contribution in [3.8, 4) is 5.75 Å². The lowest BCUT2D eigenvalue weighted by Crippen LogP contribution is -2.44. The van der Waals surface area contributed by atoms with Gasteiger partial charge in [0.15, 0.2) is 0 Å². The van der Waals surface area contributed by atoms with E-state index in [2.05, 4.69) is 0 Å². The lowest BCUT2D eigenvalue weighted by atomic mass is 9.87. The Balaban J connectivity index is 2.35. The minimum absolute atomic E-state index is 0.359. The quantitative estimate of drug-likeness (QED) is 0.882. The van der Waals surface area contributed by atoms with Gasteiger partial charge < -0.3 is 14.6 Å². The van der Waals surface area contributed by atoms with Crippen molar-refractivity contribution in [1.29, 1.82) is 0 Å². The number of hydrogen-bond donors (Lipinski definition) is 1. The maximum absolute atomic E-state index is 13.1. The molecule has 1 heterocycles. The second-order valence-corrected chi connectivity index (χ2v) is 4.47. The Morgan fingerprint density at radius 2 is 2.35 bits per heavy atom. The molecule has 0 fully saturated rings. The summed E-state index contributed by atoms with van der Waals surface area (Å²) in [5.41, 5.74) is 0.00380. The van der Waals surface area contributed by atoms with Gasteiger partial charge >= 0.3 is 0 Å². The molecular weight excluding hydrogens is 223 g/mol. The largest absolute Gasteiger partial charge is 0.484 e. The normalized spacial score (nSPS) is 27.4. The molecule has 1 aliphatic rings. The van der Waals surface area contributed by atoms with Crippen molar-refractivity contribution in [2.24, 2.45) is 0 Å². The van der Waals surface area contributed by atoms with Gasteiger partial charge in [0.1, 0.15) is 17.2 Å². The first-order chi connectivity index (χ1) is 8.10. The minimum Gasteiger partial charge on any atom is -0.484 e. The Morgan fingerprint density at radius 1 is 1.59 bits per heavy atom. The van der Waals surface area contributed by atoms with E-state index < -0.39 is 11.7 Å². The molecule has 94 valence electrons. The summed E-state index contributed by atoms with van der Waals surface area (Å²) in [4.78, 5) is 0. The Morgan fingerprint density at radius 3 is 3.00 bits per heavy atom. The van der Waals surface area contributed by atoms with Gasteiger partial charge in [-0.25, -0.2) is 4.39 Å². The van der Waals surface area contributed by atoms with Gasteiger partial charge in [-0.15, -0.1) is 0 Å². The SMILES string of the molecule is CCC1(COC)CC(O)c2cc(F)ccc2O1. The van der Waals surface area contributed by atoms with E-state index in [1.807, 2.05) is 6.92 Å². The van der Waals surface area contributed by atoms with Crippen molar-refractivity contribution in [2.45, 2.75) is 31.5 Å². The number of rotatable bonds is 3. The van der Waals surface area contributed by atoms with Crippen LogP contribution < -0.4 is 4.74 Å². The first-order valence-corrected chi connectivity index (χ1v) is 5.76. The Labute approximate surface area is 100 Å².